The van der Waals surface area contributed by atoms with Gasteiger partial charge in [0, 0.05) is 6.07 Å². The van der Waals surface area contributed by atoms with Crippen LogP contribution in [0.4, 0.5) is 22.0 Å². The van der Waals surface area contributed by atoms with Gasteiger partial charge in [-0.05, 0) is 32.9 Å². The molecule has 0 spiro atoms. The molecule has 0 aliphatic heterocycles. The third-order valence-corrected chi connectivity index (χ3v) is 3.72. The van der Waals surface area contributed by atoms with Crippen LogP contribution in [0.1, 0.15) is 32.5 Å². The standard InChI is InChI=1S/C17H19ClFN7O.H3O4P/c1-9(2)27-15-6-14(25-26-15)23-16-12(18)8-21-17(24-16)22-10(3)13-5-4-11(19)7-20-13;1-5(2,3)4/h4-10H,1-3H3,(H3,21,22,23,24,25,26);(H3,1,2,3,4)/t10-;/m0./s1. The zero-order chi connectivity index (χ0) is 23.9. The first-order valence-electron chi connectivity index (χ1n) is 9.08. The van der Waals surface area contributed by atoms with Gasteiger partial charge in [-0.2, -0.15) is 10.1 Å². The number of rotatable bonds is 7. The Labute approximate surface area is 187 Å². The summed E-state index contributed by atoms with van der Waals surface area (Å²) in [5.41, 5.74) is 0.659. The lowest BCUT2D eigenvalue weighted by Gasteiger charge is -2.14. The van der Waals surface area contributed by atoms with E-state index in [0.717, 1.165) is 6.20 Å². The Balaban J connectivity index is 0.000000654. The number of phosphoric acid groups is 1. The molecule has 0 fully saturated rings. The van der Waals surface area contributed by atoms with E-state index in [0.29, 0.717) is 34.2 Å². The average molecular weight is 490 g/mol. The van der Waals surface area contributed by atoms with E-state index >= 15 is 0 Å². The monoisotopic (exact) mass is 489 g/mol. The molecule has 0 aliphatic rings. The van der Waals surface area contributed by atoms with Gasteiger partial charge in [0.25, 0.3) is 0 Å². The lowest BCUT2D eigenvalue weighted by molar-refractivity contribution is 0.232. The molecule has 3 aromatic rings. The molecule has 12 nitrogen and oxygen atoms in total. The molecule has 174 valence electrons. The van der Waals surface area contributed by atoms with Gasteiger partial charge < -0.3 is 30.1 Å². The minimum absolute atomic E-state index is 0.0262. The molecule has 3 heterocycles. The van der Waals surface area contributed by atoms with Crippen LogP contribution in [0.5, 0.6) is 5.88 Å². The molecule has 3 aromatic heterocycles. The fourth-order valence-electron chi connectivity index (χ4n) is 2.24. The van der Waals surface area contributed by atoms with E-state index in [-0.39, 0.29) is 18.0 Å². The molecule has 32 heavy (non-hydrogen) atoms. The number of aromatic amines is 1. The van der Waals surface area contributed by atoms with Crippen LogP contribution in [0, 0.1) is 5.82 Å². The summed E-state index contributed by atoms with van der Waals surface area (Å²) >= 11 is 6.17. The van der Waals surface area contributed by atoms with Crippen molar-refractivity contribution in [2.75, 3.05) is 10.6 Å². The van der Waals surface area contributed by atoms with Gasteiger partial charge in [0.15, 0.2) is 11.6 Å². The summed E-state index contributed by atoms with van der Waals surface area (Å²) in [6.45, 7) is 5.71. The summed E-state index contributed by atoms with van der Waals surface area (Å²) < 4.78 is 27.4. The molecule has 0 amide bonds. The van der Waals surface area contributed by atoms with Crippen LogP contribution in [0.2, 0.25) is 5.02 Å². The highest BCUT2D eigenvalue weighted by Crippen LogP contribution is 2.26. The molecule has 3 rings (SSSR count). The summed E-state index contributed by atoms with van der Waals surface area (Å²) in [6.07, 6.45) is 2.66. The van der Waals surface area contributed by atoms with Gasteiger partial charge in [-0.15, -0.1) is 0 Å². The minimum Gasteiger partial charge on any atom is -0.475 e. The van der Waals surface area contributed by atoms with Crippen molar-refractivity contribution in [2.24, 2.45) is 0 Å². The van der Waals surface area contributed by atoms with Gasteiger partial charge in [0.1, 0.15) is 10.8 Å². The number of H-pyrrole nitrogens is 1. The zero-order valence-corrected chi connectivity index (χ0v) is 18.8. The van der Waals surface area contributed by atoms with Crippen LogP contribution in [0.15, 0.2) is 30.6 Å². The quantitative estimate of drug-likeness (QED) is 0.268. The molecule has 0 saturated heterocycles. The summed E-state index contributed by atoms with van der Waals surface area (Å²) in [7, 11) is -4.64. The van der Waals surface area contributed by atoms with Crippen LogP contribution >= 0.6 is 19.4 Å². The topological polar surface area (TPSA) is 178 Å². The average Bonchev–Trinajstić information content (AvgIpc) is 3.09. The predicted octanol–water partition coefficient (Wildman–Crippen LogP) is 3.16. The van der Waals surface area contributed by atoms with Crippen molar-refractivity contribution < 1.29 is 28.4 Å². The van der Waals surface area contributed by atoms with E-state index < -0.39 is 7.82 Å². The summed E-state index contributed by atoms with van der Waals surface area (Å²) in [6, 6.07) is 4.43. The van der Waals surface area contributed by atoms with Crippen LogP contribution < -0.4 is 15.4 Å². The lowest BCUT2D eigenvalue weighted by atomic mass is 10.2. The molecular formula is C17H22ClFN7O5P. The van der Waals surface area contributed by atoms with Crippen molar-refractivity contribution in [3.05, 3.63) is 47.1 Å². The first-order valence-corrected chi connectivity index (χ1v) is 11.0. The molecule has 0 radical (unpaired) electrons. The number of ether oxygens (including phenoxy) is 1. The van der Waals surface area contributed by atoms with E-state index in [1.54, 1.807) is 12.1 Å². The van der Waals surface area contributed by atoms with Gasteiger partial charge in [-0.1, -0.05) is 11.6 Å². The van der Waals surface area contributed by atoms with Crippen molar-refractivity contribution >= 4 is 37.0 Å². The van der Waals surface area contributed by atoms with Crippen molar-refractivity contribution in [1.29, 1.82) is 0 Å². The first-order chi connectivity index (χ1) is 14.9. The summed E-state index contributed by atoms with van der Waals surface area (Å²) in [5.74, 6) is 1.38. The van der Waals surface area contributed by atoms with Crippen LogP contribution in [0.3, 0.4) is 0 Å². The maximum absolute atomic E-state index is 13.0. The third-order valence-electron chi connectivity index (χ3n) is 3.45. The lowest BCUT2D eigenvalue weighted by Crippen LogP contribution is -2.11. The number of anilines is 3. The second-order valence-corrected chi connectivity index (χ2v) is 8.01. The first kappa shape index (κ1) is 25.4. The summed E-state index contributed by atoms with van der Waals surface area (Å²) in [4.78, 5) is 34.1. The maximum Gasteiger partial charge on any atom is 0.466 e. The number of nitrogens with zero attached hydrogens (tertiary/aromatic N) is 4. The number of aromatic nitrogens is 5. The van der Waals surface area contributed by atoms with Crippen molar-refractivity contribution in [1.82, 2.24) is 25.1 Å². The van der Waals surface area contributed by atoms with Gasteiger partial charge in [-0.3, -0.25) is 4.98 Å². The Bertz CT molecular complexity index is 1060. The van der Waals surface area contributed by atoms with Gasteiger partial charge in [0.2, 0.25) is 11.8 Å². The second-order valence-electron chi connectivity index (χ2n) is 6.58. The normalized spacial score (nSPS) is 12.0. The highest BCUT2D eigenvalue weighted by molar-refractivity contribution is 7.45. The van der Waals surface area contributed by atoms with Crippen molar-refractivity contribution in [3.8, 4) is 5.88 Å². The zero-order valence-electron chi connectivity index (χ0n) is 17.2. The van der Waals surface area contributed by atoms with Crippen molar-refractivity contribution in [3.63, 3.8) is 0 Å². The molecule has 0 aromatic carbocycles. The highest BCUT2D eigenvalue weighted by atomic mass is 35.5. The second kappa shape index (κ2) is 11.2. The smallest absolute Gasteiger partial charge is 0.466 e. The third kappa shape index (κ3) is 9.12. The fourth-order valence-corrected chi connectivity index (χ4v) is 2.38. The van der Waals surface area contributed by atoms with Crippen LogP contribution in [-0.2, 0) is 4.57 Å². The Hall–Kier alpha value is -2.83. The number of halogens is 2. The Morgan fingerprint density at radius 1 is 1.19 bits per heavy atom. The fraction of sp³-hybridized carbons (Fsp3) is 0.294. The van der Waals surface area contributed by atoms with Crippen molar-refractivity contribution in [2.45, 2.75) is 32.9 Å². The maximum atomic E-state index is 13.0. The molecule has 6 N–H and O–H groups in total. The Kier molecular flexibility index (Phi) is 8.87. The van der Waals surface area contributed by atoms with Gasteiger partial charge in [-0.25, -0.2) is 19.0 Å². The summed E-state index contributed by atoms with van der Waals surface area (Å²) in [5, 5.41) is 13.3. The molecule has 0 aliphatic carbocycles. The molecule has 15 heteroatoms. The Morgan fingerprint density at radius 2 is 1.88 bits per heavy atom. The largest absolute Gasteiger partial charge is 0.475 e. The van der Waals surface area contributed by atoms with E-state index in [9.17, 15) is 4.39 Å². The van der Waals surface area contributed by atoms with E-state index in [1.165, 1.54) is 12.3 Å². The van der Waals surface area contributed by atoms with Gasteiger partial charge >= 0.3 is 7.82 Å². The molecule has 1 atom stereocenters. The van der Waals surface area contributed by atoms with Crippen LogP contribution in [0.25, 0.3) is 0 Å². The number of hydrogen-bond acceptors (Lipinski definition) is 8. The molecule has 0 unspecified atom stereocenters. The SMILES string of the molecule is CC(C)Oc1cc(Nc2nc(N[C@@H](C)c3ccc(F)cn3)ncc2Cl)n[nH]1.O=P(O)(O)O. The molecular weight excluding hydrogens is 468 g/mol. The van der Waals surface area contributed by atoms with Gasteiger partial charge in [0.05, 0.1) is 30.2 Å². The van der Waals surface area contributed by atoms with E-state index in [1.807, 2.05) is 20.8 Å². The number of pyridine rings is 1. The van der Waals surface area contributed by atoms with E-state index in [4.69, 9.17) is 35.6 Å². The highest BCUT2D eigenvalue weighted by Gasteiger charge is 2.12. The number of hydrogen-bond donors (Lipinski definition) is 6. The molecule has 0 bridgehead atoms. The van der Waals surface area contributed by atoms with Crippen LogP contribution in [-0.4, -0.2) is 45.9 Å². The Morgan fingerprint density at radius 3 is 2.47 bits per heavy atom. The predicted molar refractivity (Wildman–Crippen MR) is 115 cm³/mol. The van der Waals surface area contributed by atoms with E-state index in [2.05, 4.69) is 35.8 Å². The molecule has 0 saturated carbocycles. The minimum atomic E-state index is -4.64. The number of nitrogens with one attached hydrogen (secondary N) is 3.